The van der Waals surface area contributed by atoms with Crippen molar-refractivity contribution in [3.8, 4) is 0 Å². The predicted molar refractivity (Wildman–Crippen MR) is 101 cm³/mol. The van der Waals surface area contributed by atoms with E-state index < -0.39 is 0 Å². The second-order valence-corrected chi connectivity index (χ2v) is 7.62. The Labute approximate surface area is 146 Å². The van der Waals surface area contributed by atoms with Crippen molar-refractivity contribution in [2.45, 2.75) is 38.8 Å². The number of nitrogens with one attached hydrogen (secondary N) is 1. The lowest BCUT2D eigenvalue weighted by Gasteiger charge is -2.22. The summed E-state index contributed by atoms with van der Waals surface area (Å²) in [5, 5.41) is 3.61. The summed E-state index contributed by atoms with van der Waals surface area (Å²) in [5.41, 5.74) is 2.75. The second-order valence-electron chi connectivity index (χ2n) is 7.62. The molecule has 2 unspecified atom stereocenters. The molecule has 2 fully saturated rings. The van der Waals surface area contributed by atoms with Gasteiger partial charge >= 0.3 is 0 Å². The molecule has 1 aliphatic carbocycles. The quantitative estimate of drug-likeness (QED) is 0.681. The van der Waals surface area contributed by atoms with Gasteiger partial charge in [0.15, 0.2) is 5.96 Å². The Morgan fingerprint density at radius 2 is 1.75 bits per heavy atom. The molecule has 1 aromatic rings. The van der Waals surface area contributed by atoms with Crippen LogP contribution in [0.2, 0.25) is 0 Å². The Balaban J connectivity index is 1.61. The zero-order chi connectivity index (χ0) is 16.9. The maximum absolute atomic E-state index is 4.55. The van der Waals surface area contributed by atoms with Crippen LogP contribution in [0.1, 0.15) is 36.8 Å². The minimum atomic E-state index is 0.850. The SMILES string of the molecule is CN=C(NCc1ccccc1CN(C)C)N1CC2CCCCC2C1. The summed E-state index contributed by atoms with van der Waals surface area (Å²) in [4.78, 5) is 9.26. The Kier molecular flexibility index (Phi) is 5.77. The molecule has 0 radical (unpaired) electrons. The van der Waals surface area contributed by atoms with Crippen molar-refractivity contribution in [3.05, 3.63) is 35.4 Å². The topological polar surface area (TPSA) is 30.9 Å². The van der Waals surface area contributed by atoms with Crippen molar-refractivity contribution >= 4 is 5.96 Å². The maximum atomic E-state index is 4.55. The highest BCUT2D eigenvalue weighted by Gasteiger charge is 2.35. The molecule has 1 saturated carbocycles. The summed E-state index contributed by atoms with van der Waals surface area (Å²) in [6.45, 7) is 4.19. The van der Waals surface area contributed by atoms with Gasteiger partial charge in [0.2, 0.25) is 0 Å². The highest BCUT2D eigenvalue weighted by atomic mass is 15.3. The van der Waals surface area contributed by atoms with Gasteiger partial charge < -0.3 is 15.1 Å². The van der Waals surface area contributed by atoms with Crippen molar-refractivity contribution in [1.29, 1.82) is 0 Å². The van der Waals surface area contributed by atoms with Crippen molar-refractivity contribution in [2.75, 3.05) is 34.2 Å². The van der Waals surface area contributed by atoms with Gasteiger partial charge in [-0.25, -0.2) is 0 Å². The van der Waals surface area contributed by atoms with E-state index in [2.05, 4.69) is 58.5 Å². The molecule has 3 rings (SSSR count). The van der Waals surface area contributed by atoms with Crippen LogP contribution in [0, 0.1) is 11.8 Å². The molecule has 1 N–H and O–H groups in total. The number of nitrogens with zero attached hydrogens (tertiary/aromatic N) is 3. The third-order valence-corrected chi connectivity index (χ3v) is 5.53. The number of guanidine groups is 1. The first-order valence-electron chi connectivity index (χ1n) is 9.34. The summed E-state index contributed by atoms with van der Waals surface area (Å²) in [6, 6.07) is 8.71. The van der Waals surface area contributed by atoms with Crippen molar-refractivity contribution < 1.29 is 0 Å². The fourth-order valence-electron chi connectivity index (χ4n) is 4.31. The molecule has 132 valence electrons. The minimum absolute atomic E-state index is 0.850. The fourth-order valence-corrected chi connectivity index (χ4v) is 4.31. The van der Waals surface area contributed by atoms with Gasteiger partial charge in [0.25, 0.3) is 0 Å². The van der Waals surface area contributed by atoms with Crippen LogP contribution in [0.25, 0.3) is 0 Å². The Morgan fingerprint density at radius 1 is 1.12 bits per heavy atom. The van der Waals surface area contributed by atoms with Crippen LogP contribution in [0.3, 0.4) is 0 Å². The van der Waals surface area contributed by atoms with Crippen LogP contribution in [0.15, 0.2) is 29.3 Å². The molecule has 1 heterocycles. The zero-order valence-electron chi connectivity index (χ0n) is 15.5. The third kappa shape index (κ3) is 4.10. The molecule has 4 nitrogen and oxygen atoms in total. The lowest BCUT2D eigenvalue weighted by Crippen LogP contribution is -2.40. The lowest BCUT2D eigenvalue weighted by atomic mass is 9.82. The molecule has 2 aliphatic rings. The first-order valence-corrected chi connectivity index (χ1v) is 9.34. The number of fused-ring (bicyclic) bond motifs is 1. The molecule has 1 saturated heterocycles. The fraction of sp³-hybridized carbons (Fsp3) is 0.650. The Hall–Kier alpha value is -1.55. The summed E-state index contributed by atoms with van der Waals surface area (Å²) >= 11 is 0. The first-order chi connectivity index (χ1) is 11.7. The highest BCUT2D eigenvalue weighted by molar-refractivity contribution is 5.80. The van der Waals surface area contributed by atoms with Crippen LogP contribution in [0.4, 0.5) is 0 Å². The number of rotatable bonds is 4. The molecular weight excluding hydrogens is 296 g/mol. The summed E-state index contributed by atoms with van der Waals surface area (Å²) < 4.78 is 0. The van der Waals surface area contributed by atoms with Crippen LogP contribution in [-0.2, 0) is 13.1 Å². The van der Waals surface area contributed by atoms with E-state index in [1.807, 2.05) is 7.05 Å². The highest BCUT2D eigenvalue weighted by Crippen LogP contribution is 2.35. The van der Waals surface area contributed by atoms with Crippen molar-refractivity contribution in [3.63, 3.8) is 0 Å². The van der Waals surface area contributed by atoms with E-state index in [9.17, 15) is 0 Å². The van der Waals surface area contributed by atoms with Gasteiger partial charge in [0.1, 0.15) is 0 Å². The summed E-state index contributed by atoms with van der Waals surface area (Å²) in [6.07, 6.45) is 5.64. The largest absolute Gasteiger partial charge is 0.352 e. The lowest BCUT2D eigenvalue weighted by molar-refractivity contribution is 0.299. The van der Waals surface area contributed by atoms with E-state index in [0.717, 1.165) is 30.9 Å². The average molecular weight is 329 g/mol. The average Bonchev–Trinajstić information content (AvgIpc) is 3.00. The number of hydrogen-bond donors (Lipinski definition) is 1. The Morgan fingerprint density at radius 3 is 2.33 bits per heavy atom. The van der Waals surface area contributed by atoms with Gasteiger partial charge in [-0.05, 0) is 49.9 Å². The molecule has 1 aromatic carbocycles. The van der Waals surface area contributed by atoms with Crippen LogP contribution in [0.5, 0.6) is 0 Å². The van der Waals surface area contributed by atoms with E-state index in [1.165, 1.54) is 49.9 Å². The molecule has 0 aromatic heterocycles. The van der Waals surface area contributed by atoms with Gasteiger partial charge in [-0.2, -0.15) is 0 Å². The van der Waals surface area contributed by atoms with Crippen LogP contribution < -0.4 is 5.32 Å². The van der Waals surface area contributed by atoms with Gasteiger partial charge in [-0.15, -0.1) is 0 Å². The van der Waals surface area contributed by atoms with E-state index in [0.29, 0.717) is 0 Å². The Bertz CT molecular complexity index is 553. The molecule has 0 bridgehead atoms. The normalized spacial score (nSPS) is 24.3. The smallest absolute Gasteiger partial charge is 0.193 e. The standard InChI is InChI=1S/C20H32N4/c1-21-20(24-14-18-10-6-7-11-19(18)15-24)22-12-16-8-4-5-9-17(16)13-23(2)3/h4-5,8-9,18-19H,6-7,10-15H2,1-3H3,(H,21,22). The van der Waals surface area contributed by atoms with Crippen LogP contribution >= 0.6 is 0 Å². The van der Waals surface area contributed by atoms with E-state index in [4.69, 9.17) is 0 Å². The molecule has 0 amide bonds. The monoisotopic (exact) mass is 328 g/mol. The van der Waals surface area contributed by atoms with Gasteiger partial charge in [-0.1, -0.05) is 37.1 Å². The number of hydrogen-bond acceptors (Lipinski definition) is 2. The zero-order valence-corrected chi connectivity index (χ0v) is 15.5. The van der Waals surface area contributed by atoms with Gasteiger partial charge in [-0.3, -0.25) is 4.99 Å². The third-order valence-electron chi connectivity index (χ3n) is 5.53. The second kappa shape index (κ2) is 8.02. The summed E-state index contributed by atoms with van der Waals surface area (Å²) in [5.74, 6) is 2.85. The first kappa shape index (κ1) is 17.3. The maximum Gasteiger partial charge on any atom is 0.193 e. The predicted octanol–water partition coefficient (Wildman–Crippen LogP) is 2.95. The molecule has 4 heteroatoms. The number of benzene rings is 1. The van der Waals surface area contributed by atoms with Gasteiger partial charge in [0, 0.05) is 33.2 Å². The van der Waals surface area contributed by atoms with Crippen LogP contribution in [-0.4, -0.2) is 50.0 Å². The van der Waals surface area contributed by atoms with Gasteiger partial charge in [0.05, 0.1) is 0 Å². The van der Waals surface area contributed by atoms with E-state index >= 15 is 0 Å². The van der Waals surface area contributed by atoms with E-state index in [-0.39, 0.29) is 0 Å². The molecule has 24 heavy (non-hydrogen) atoms. The molecule has 1 aliphatic heterocycles. The number of likely N-dealkylation sites (tertiary alicyclic amines) is 1. The van der Waals surface area contributed by atoms with E-state index in [1.54, 1.807) is 0 Å². The number of aliphatic imine (C=N–C) groups is 1. The minimum Gasteiger partial charge on any atom is -0.352 e. The molecular formula is C20H32N4. The molecule has 2 atom stereocenters. The summed E-state index contributed by atoms with van der Waals surface area (Å²) in [7, 11) is 6.15. The van der Waals surface area contributed by atoms with Crippen molar-refractivity contribution in [1.82, 2.24) is 15.1 Å². The molecule has 0 spiro atoms. The van der Waals surface area contributed by atoms with Crippen molar-refractivity contribution in [2.24, 2.45) is 16.8 Å².